The summed E-state index contributed by atoms with van der Waals surface area (Å²) in [5.74, 6) is 2.94. The minimum Gasteiger partial charge on any atom is -0.456 e. The molecule has 144 valence electrons. The molecule has 5 fully saturated rings. The lowest BCUT2D eigenvalue weighted by Crippen LogP contribution is -2.64. The molecule has 5 rings (SSSR count). The van der Waals surface area contributed by atoms with Crippen molar-refractivity contribution in [3.63, 3.8) is 0 Å². The Labute approximate surface area is 156 Å². The first-order chi connectivity index (χ1) is 12.5. The molecule has 0 amide bonds. The number of carbonyl (C=O) groups excluding carboxylic acids is 2. The summed E-state index contributed by atoms with van der Waals surface area (Å²) in [6.45, 7) is 5.43. The van der Waals surface area contributed by atoms with Gasteiger partial charge in [0.2, 0.25) is 0 Å². The first-order valence-corrected chi connectivity index (χ1v) is 10.5. The van der Waals surface area contributed by atoms with E-state index in [1.807, 2.05) is 0 Å². The second-order valence-electron chi connectivity index (χ2n) is 9.41. The van der Waals surface area contributed by atoms with Crippen LogP contribution in [0.4, 0.5) is 0 Å². The van der Waals surface area contributed by atoms with Crippen LogP contribution in [0.5, 0.6) is 0 Å². The van der Waals surface area contributed by atoms with Gasteiger partial charge in [-0.2, -0.15) is 0 Å². The summed E-state index contributed by atoms with van der Waals surface area (Å²) < 4.78 is 11.3. The molecule has 0 radical (unpaired) electrons. The van der Waals surface area contributed by atoms with E-state index in [1.165, 1.54) is 57.8 Å². The maximum Gasteiger partial charge on any atom is 0.344 e. The van der Waals surface area contributed by atoms with Gasteiger partial charge < -0.3 is 9.47 Å². The Morgan fingerprint density at radius 3 is 2.23 bits per heavy atom. The maximum absolute atomic E-state index is 12.7. The molecule has 26 heavy (non-hydrogen) atoms. The smallest absolute Gasteiger partial charge is 0.344 e. The van der Waals surface area contributed by atoms with E-state index in [0.717, 1.165) is 17.9 Å². The molecular formula is C22H32O4. The molecular weight excluding hydrogens is 328 g/mol. The predicted octanol–water partition coefficient (Wildman–Crippen LogP) is 4.28. The number of ether oxygens (including phenoxy) is 2. The Morgan fingerprint density at radius 2 is 1.65 bits per heavy atom. The van der Waals surface area contributed by atoms with E-state index in [9.17, 15) is 9.59 Å². The van der Waals surface area contributed by atoms with Gasteiger partial charge >= 0.3 is 11.9 Å². The van der Waals surface area contributed by atoms with E-state index in [0.29, 0.717) is 23.7 Å². The van der Waals surface area contributed by atoms with Gasteiger partial charge in [-0.1, -0.05) is 26.3 Å². The lowest BCUT2D eigenvalue weighted by Gasteiger charge is -2.63. The highest BCUT2D eigenvalue weighted by Gasteiger charge is 2.62. The standard InChI is InChI=1S/C22H32O4/c1-3-20(23)25-13-21(24)26-22(17-6-4-5-14(2)7-17)18-9-15-8-16(11-18)12-19(22)10-15/h3,14-19H,1,4-13H2,2H3. The number of carbonyl (C=O) groups is 2. The number of rotatable bonds is 5. The summed E-state index contributed by atoms with van der Waals surface area (Å²) in [6.07, 6.45) is 12.2. The predicted molar refractivity (Wildman–Crippen MR) is 98.1 cm³/mol. The van der Waals surface area contributed by atoms with E-state index in [1.54, 1.807) is 0 Å². The zero-order chi connectivity index (χ0) is 18.3. The Kier molecular flexibility index (Phi) is 4.87. The Hall–Kier alpha value is -1.32. The maximum atomic E-state index is 12.7. The third-order valence-corrected chi connectivity index (χ3v) is 7.78. The number of hydrogen-bond donors (Lipinski definition) is 0. The van der Waals surface area contributed by atoms with Gasteiger partial charge in [0.1, 0.15) is 5.60 Å². The molecule has 4 nitrogen and oxygen atoms in total. The molecule has 5 saturated carbocycles. The molecule has 0 aromatic rings. The highest BCUT2D eigenvalue weighted by atomic mass is 16.6. The molecule has 2 unspecified atom stereocenters. The van der Waals surface area contributed by atoms with Crippen LogP contribution in [0.15, 0.2) is 12.7 Å². The summed E-state index contributed by atoms with van der Waals surface area (Å²) >= 11 is 0. The van der Waals surface area contributed by atoms with Gasteiger partial charge in [-0.05, 0) is 80.5 Å². The molecule has 0 aromatic heterocycles. The molecule has 0 spiro atoms. The molecule has 0 heterocycles. The van der Waals surface area contributed by atoms with Crippen molar-refractivity contribution in [2.75, 3.05) is 6.61 Å². The monoisotopic (exact) mass is 360 g/mol. The van der Waals surface area contributed by atoms with Gasteiger partial charge in [0.05, 0.1) is 0 Å². The van der Waals surface area contributed by atoms with Crippen molar-refractivity contribution in [1.82, 2.24) is 0 Å². The van der Waals surface area contributed by atoms with E-state index >= 15 is 0 Å². The summed E-state index contributed by atoms with van der Waals surface area (Å²) in [6, 6.07) is 0. The largest absolute Gasteiger partial charge is 0.456 e. The second kappa shape index (κ2) is 7.01. The van der Waals surface area contributed by atoms with Crippen LogP contribution in [0.3, 0.4) is 0 Å². The average molecular weight is 360 g/mol. The van der Waals surface area contributed by atoms with Crippen LogP contribution in [0, 0.1) is 35.5 Å². The third-order valence-electron chi connectivity index (χ3n) is 7.78. The number of esters is 2. The molecule has 0 saturated heterocycles. The van der Waals surface area contributed by atoms with Crippen LogP contribution < -0.4 is 0 Å². The van der Waals surface area contributed by atoms with Gasteiger partial charge in [0.15, 0.2) is 6.61 Å². The van der Waals surface area contributed by atoms with Crippen molar-refractivity contribution >= 4 is 11.9 Å². The normalized spacial score (nSPS) is 43.7. The van der Waals surface area contributed by atoms with Gasteiger partial charge in [-0.25, -0.2) is 9.59 Å². The van der Waals surface area contributed by atoms with E-state index in [2.05, 4.69) is 13.5 Å². The molecule has 0 N–H and O–H groups in total. The van der Waals surface area contributed by atoms with Crippen LogP contribution in [-0.4, -0.2) is 24.1 Å². The fourth-order valence-electron chi connectivity index (χ4n) is 7.10. The highest BCUT2D eigenvalue weighted by molar-refractivity contribution is 5.83. The van der Waals surface area contributed by atoms with Crippen LogP contribution in [0.1, 0.15) is 64.7 Å². The third kappa shape index (κ3) is 3.10. The first-order valence-electron chi connectivity index (χ1n) is 10.5. The van der Waals surface area contributed by atoms with Crippen molar-refractivity contribution in [1.29, 1.82) is 0 Å². The fourth-order valence-corrected chi connectivity index (χ4v) is 7.10. The summed E-state index contributed by atoms with van der Waals surface area (Å²) in [4.78, 5) is 24.0. The SMILES string of the molecule is C=CC(=O)OCC(=O)OC1(C2CCCC(C)C2)C2CC3CC(C2)CC1C3. The molecule has 0 aromatic carbocycles. The Morgan fingerprint density at radius 1 is 1.00 bits per heavy atom. The average Bonchev–Trinajstić information content (AvgIpc) is 2.62. The van der Waals surface area contributed by atoms with Gasteiger partial charge in [-0.3, -0.25) is 0 Å². The Bertz CT molecular complexity index is 553. The van der Waals surface area contributed by atoms with E-state index in [-0.39, 0.29) is 18.2 Å². The van der Waals surface area contributed by atoms with Crippen LogP contribution in [-0.2, 0) is 19.1 Å². The van der Waals surface area contributed by atoms with Crippen molar-refractivity contribution in [2.45, 2.75) is 70.3 Å². The molecule has 5 aliphatic carbocycles. The Balaban J connectivity index is 1.57. The molecule has 0 aliphatic heterocycles. The van der Waals surface area contributed by atoms with E-state index < -0.39 is 5.97 Å². The minimum absolute atomic E-state index is 0.291. The summed E-state index contributed by atoms with van der Waals surface area (Å²) in [5, 5.41) is 0. The quantitative estimate of drug-likeness (QED) is 0.542. The van der Waals surface area contributed by atoms with Crippen molar-refractivity contribution < 1.29 is 19.1 Å². The van der Waals surface area contributed by atoms with Crippen molar-refractivity contribution in [2.24, 2.45) is 35.5 Å². The second-order valence-corrected chi connectivity index (χ2v) is 9.41. The molecule has 4 heteroatoms. The van der Waals surface area contributed by atoms with Crippen molar-refractivity contribution in [3.8, 4) is 0 Å². The summed E-state index contributed by atoms with van der Waals surface area (Å²) in [7, 11) is 0. The molecule has 4 bridgehead atoms. The topological polar surface area (TPSA) is 52.6 Å². The van der Waals surface area contributed by atoms with Crippen LogP contribution >= 0.6 is 0 Å². The number of hydrogen-bond acceptors (Lipinski definition) is 4. The lowest BCUT2D eigenvalue weighted by molar-refractivity contribution is -0.236. The summed E-state index contributed by atoms with van der Waals surface area (Å²) in [5.41, 5.74) is -0.306. The van der Waals surface area contributed by atoms with Gasteiger partial charge in [-0.15, -0.1) is 0 Å². The first kappa shape index (κ1) is 18.1. The van der Waals surface area contributed by atoms with Crippen LogP contribution in [0.2, 0.25) is 0 Å². The van der Waals surface area contributed by atoms with Crippen LogP contribution in [0.25, 0.3) is 0 Å². The van der Waals surface area contributed by atoms with Crippen molar-refractivity contribution in [3.05, 3.63) is 12.7 Å². The highest BCUT2D eigenvalue weighted by Crippen LogP contribution is 2.63. The zero-order valence-electron chi connectivity index (χ0n) is 16.0. The molecule has 2 atom stereocenters. The lowest BCUT2D eigenvalue weighted by atomic mass is 9.46. The minimum atomic E-state index is -0.563. The van der Waals surface area contributed by atoms with Gasteiger partial charge in [0.25, 0.3) is 0 Å². The fraction of sp³-hybridized carbons (Fsp3) is 0.818. The zero-order valence-corrected chi connectivity index (χ0v) is 16.0. The van der Waals surface area contributed by atoms with Gasteiger partial charge in [0, 0.05) is 6.08 Å². The van der Waals surface area contributed by atoms with E-state index in [4.69, 9.17) is 9.47 Å². The molecule has 5 aliphatic rings.